The Kier molecular flexibility index (Phi) is 12.1. The van der Waals surface area contributed by atoms with E-state index in [2.05, 4.69) is 57.5 Å². The van der Waals surface area contributed by atoms with Gasteiger partial charge in [-0.25, -0.2) is 0 Å². The highest BCUT2D eigenvalue weighted by Gasteiger charge is 2.26. The normalized spacial score (nSPS) is 23.4. The molecule has 3 rings (SSSR count). The van der Waals surface area contributed by atoms with Gasteiger partial charge in [0.05, 0.1) is 25.4 Å². The fourth-order valence-corrected chi connectivity index (χ4v) is 4.82. The minimum absolute atomic E-state index is 0. The van der Waals surface area contributed by atoms with Gasteiger partial charge in [0.1, 0.15) is 5.75 Å². The van der Waals surface area contributed by atoms with Crippen LogP contribution in [0.25, 0.3) is 0 Å². The Hall–Kier alpha value is -1.10. The van der Waals surface area contributed by atoms with Crippen LogP contribution in [0.5, 0.6) is 5.75 Å². The van der Waals surface area contributed by atoms with Crippen molar-refractivity contribution in [2.45, 2.75) is 51.4 Å². The van der Waals surface area contributed by atoms with Crippen molar-refractivity contribution in [3.8, 4) is 5.75 Å². The van der Waals surface area contributed by atoms with Crippen molar-refractivity contribution in [2.24, 2.45) is 4.99 Å². The Balaban J connectivity index is 0.00000363. The molecule has 0 aromatic heterocycles. The quantitative estimate of drug-likeness (QED) is 0.210. The van der Waals surface area contributed by atoms with E-state index in [9.17, 15) is 0 Å². The van der Waals surface area contributed by atoms with E-state index >= 15 is 0 Å². The monoisotopic (exact) mass is 559 g/mol. The van der Waals surface area contributed by atoms with Gasteiger partial charge in [-0.05, 0) is 52.3 Å². The maximum Gasteiger partial charge on any atom is 0.191 e. The van der Waals surface area contributed by atoms with Crippen molar-refractivity contribution in [3.05, 3.63) is 29.8 Å². The molecule has 1 aromatic carbocycles. The number of nitrogens with one attached hydrogen (secondary N) is 2. The van der Waals surface area contributed by atoms with E-state index in [4.69, 9.17) is 9.47 Å². The summed E-state index contributed by atoms with van der Waals surface area (Å²) in [5.74, 6) is 1.82. The van der Waals surface area contributed by atoms with Gasteiger partial charge in [0.15, 0.2) is 5.96 Å². The van der Waals surface area contributed by atoms with Crippen LogP contribution in [0.2, 0.25) is 0 Å². The highest BCUT2D eigenvalue weighted by molar-refractivity contribution is 14.0. The van der Waals surface area contributed by atoms with Gasteiger partial charge in [-0.3, -0.25) is 14.8 Å². The molecule has 2 aliphatic rings. The Morgan fingerprint density at radius 1 is 1.16 bits per heavy atom. The van der Waals surface area contributed by atoms with Crippen LogP contribution in [0.1, 0.15) is 44.7 Å². The number of morpholine rings is 1. The average Bonchev–Trinajstić information content (AvgIpc) is 3.29. The average molecular weight is 560 g/mol. The molecule has 8 heteroatoms. The van der Waals surface area contributed by atoms with Gasteiger partial charge in [0, 0.05) is 45.3 Å². The third-order valence-electron chi connectivity index (χ3n) is 6.20. The molecule has 2 heterocycles. The van der Waals surface area contributed by atoms with Crippen molar-refractivity contribution in [3.63, 3.8) is 0 Å². The lowest BCUT2D eigenvalue weighted by atomic mass is 10.0. The molecule has 3 unspecified atom stereocenters. The third kappa shape index (κ3) is 8.04. The molecule has 2 saturated heterocycles. The zero-order chi connectivity index (χ0) is 22.1. The number of likely N-dealkylation sites (tertiary alicyclic amines) is 1. The summed E-state index contributed by atoms with van der Waals surface area (Å²) >= 11 is 0. The summed E-state index contributed by atoms with van der Waals surface area (Å²) in [5.41, 5.74) is 1.24. The van der Waals surface area contributed by atoms with Gasteiger partial charge in [0.25, 0.3) is 0 Å². The molecule has 32 heavy (non-hydrogen) atoms. The maximum atomic E-state index is 5.83. The predicted octanol–water partition coefficient (Wildman–Crippen LogP) is 3.11. The first-order valence-electron chi connectivity index (χ1n) is 11.8. The summed E-state index contributed by atoms with van der Waals surface area (Å²) < 4.78 is 11.5. The highest BCUT2D eigenvalue weighted by Crippen LogP contribution is 2.31. The number of hydrogen-bond acceptors (Lipinski definition) is 5. The van der Waals surface area contributed by atoms with Crippen LogP contribution < -0.4 is 15.4 Å². The first kappa shape index (κ1) is 27.1. The fraction of sp³-hybridized carbons (Fsp3) is 0.708. The van der Waals surface area contributed by atoms with Crippen molar-refractivity contribution in [1.82, 2.24) is 20.4 Å². The predicted molar refractivity (Wildman–Crippen MR) is 142 cm³/mol. The van der Waals surface area contributed by atoms with Crippen LogP contribution in [0, 0.1) is 0 Å². The van der Waals surface area contributed by atoms with E-state index in [1.54, 1.807) is 7.11 Å². The van der Waals surface area contributed by atoms with E-state index < -0.39 is 0 Å². The van der Waals surface area contributed by atoms with Crippen molar-refractivity contribution >= 4 is 29.9 Å². The van der Waals surface area contributed by atoms with Gasteiger partial charge in [-0.2, -0.15) is 0 Å². The number of ether oxygens (including phenoxy) is 2. The standard InChI is InChI=1S/C24H41N5O2.HI/c1-19-17-28(18-20(2)31-19)13-9-12-26-24(25-3)27-16-22(29-14-7-8-15-29)21-10-5-6-11-23(21)30-4;/h5-6,10-11,19-20,22H,7-9,12-18H2,1-4H3,(H2,25,26,27);1H. The van der Waals surface area contributed by atoms with Gasteiger partial charge in [-0.15, -0.1) is 24.0 Å². The summed E-state index contributed by atoms with van der Waals surface area (Å²) in [4.78, 5) is 9.50. The molecule has 0 radical (unpaired) electrons. The second-order valence-electron chi connectivity index (χ2n) is 8.75. The number of benzene rings is 1. The van der Waals surface area contributed by atoms with Crippen LogP contribution >= 0.6 is 24.0 Å². The molecular weight excluding hydrogens is 517 g/mol. The summed E-state index contributed by atoms with van der Waals surface area (Å²) in [7, 11) is 3.60. The van der Waals surface area contributed by atoms with Crippen LogP contribution in [-0.2, 0) is 4.74 Å². The number of aliphatic imine (C=N–C) groups is 1. The summed E-state index contributed by atoms with van der Waals surface area (Å²) in [6, 6.07) is 8.64. The zero-order valence-corrected chi connectivity index (χ0v) is 22.5. The number of nitrogens with zero attached hydrogens (tertiary/aromatic N) is 3. The summed E-state index contributed by atoms with van der Waals surface area (Å²) in [6.45, 7) is 11.4. The number of methoxy groups -OCH3 is 1. The third-order valence-corrected chi connectivity index (χ3v) is 6.20. The van der Waals surface area contributed by atoms with Crippen LogP contribution in [0.3, 0.4) is 0 Å². The second kappa shape index (κ2) is 14.2. The van der Waals surface area contributed by atoms with E-state index in [1.807, 2.05) is 13.1 Å². The molecule has 0 spiro atoms. The number of guanidine groups is 1. The molecule has 0 saturated carbocycles. The van der Waals surface area contributed by atoms with Crippen LogP contribution in [0.4, 0.5) is 0 Å². The smallest absolute Gasteiger partial charge is 0.191 e. The molecular formula is C24H42IN5O2. The van der Waals surface area contributed by atoms with Crippen molar-refractivity contribution < 1.29 is 9.47 Å². The Bertz CT molecular complexity index is 689. The molecule has 0 amide bonds. The highest BCUT2D eigenvalue weighted by atomic mass is 127. The van der Waals surface area contributed by atoms with Gasteiger partial charge in [0.2, 0.25) is 0 Å². The molecule has 0 aliphatic carbocycles. The Labute approximate surface area is 211 Å². The largest absolute Gasteiger partial charge is 0.496 e. The zero-order valence-electron chi connectivity index (χ0n) is 20.2. The first-order chi connectivity index (χ1) is 15.1. The first-order valence-corrected chi connectivity index (χ1v) is 11.8. The lowest BCUT2D eigenvalue weighted by Crippen LogP contribution is -2.46. The summed E-state index contributed by atoms with van der Waals surface area (Å²) in [6.07, 6.45) is 4.25. The molecule has 1 aromatic rings. The van der Waals surface area contributed by atoms with Gasteiger partial charge >= 0.3 is 0 Å². The Morgan fingerprint density at radius 2 is 1.84 bits per heavy atom. The topological polar surface area (TPSA) is 61.4 Å². The van der Waals surface area contributed by atoms with E-state index in [-0.39, 0.29) is 30.0 Å². The molecule has 2 N–H and O–H groups in total. The Morgan fingerprint density at radius 3 is 2.50 bits per heavy atom. The number of halogens is 1. The molecule has 2 aliphatic heterocycles. The lowest BCUT2D eigenvalue weighted by Gasteiger charge is -2.35. The molecule has 7 nitrogen and oxygen atoms in total. The minimum Gasteiger partial charge on any atom is -0.496 e. The number of rotatable bonds is 9. The van der Waals surface area contributed by atoms with Crippen molar-refractivity contribution in [2.75, 3.05) is 60.0 Å². The number of hydrogen-bond donors (Lipinski definition) is 2. The lowest BCUT2D eigenvalue weighted by molar-refractivity contribution is -0.0679. The summed E-state index contributed by atoms with van der Waals surface area (Å²) in [5, 5.41) is 7.05. The van der Waals surface area contributed by atoms with Crippen LogP contribution in [0.15, 0.2) is 29.3 Å². The molecule has 182 valence electrons. The van der Waals surface area contributed by atoms with Crippen LogP contribution in [-0.4, -0.2) is 87.9 Å². The minimum atomic E-state index is 0. The molecule has 2 fully saturated rings. The van der Waals surface area contributed by atoms with E-state index in [0.717, 1.165) is 63.9 Å². The second-order valence-corrected chi connectivity index (χ2v) is 8.75. The molecule has 0 bridgehead atoms. The van der Waals surface area contributed by atoms with Gasteiger partial charge in [-0.1, -0.05) is 18.2 Å². The number of para-hydroxylation sites is 1. The maximum absolute atomic E-state index is 5.83. The van der Waals surface area contributed by atoms with E-state index in [0.29, 0.717) is 12.2 Å². The van der Waals surface area contributed by atoms with E-state index in [1.165, 1.54) is 18.4 Å². The SMILES string of the molecule is CN=C(NCCCN1CC(C)OC(C)C1)NCC(c1ccccc1OC)N1CCCC1.I. The molecule has 3 atom stereocenters. The fourth-order valence-electron chi connectivity index (χ4n) is 4.82. The van der Waals surface area contributed by atoms with Crippen molar-refractivity contribution in [1.29, 1.82) is 0 Å². The van der Waals surface area contributed by atoms with Gasteiger partial charge < -0.3 is 20.1 Å².